The van der Waals surface area contributed by atoms with Crippen molar-refractivity contribution in [2.24, 2.45) is 0 Å². The Labute approximate surface area is 117 Å². The summed E-state index contributed by atoms with van der Waals surface area (Å²) in [6.07, 6.45) is 5.12. The number of hydrogen-bond acceptors (Lipinski definition) is 2. The van der Waals surface area contributed by atoms with Gasteiger partial charge in [-0.3, -0.25) is 4.90 Å². The highest BCUT2D eigenvalue weighted by atomic mass is 15.4. The fourth-order valence-electron chi connectivity index (χ4n) is 4.66. The number of likely N-dealkylation sites (tertiary alicyclic amines) is 1. The zero-order chi connectivity index (χ0) is 13.7. The summed E-state index contributed by atoms with van der Waals surface area (Å²) in [4.78, 5) is 5.16. The molecule has 0 amide bonds. The van der Waals surface area contributed by atoms with Crippen molar-refractivity contribution in [3.05, 3.63) is 29.8 Å². The highest BCUT2D eigenvalue weighted by molar-refractivity contribution is 5.66. The topological polar surface area (TPSA) is 6.48 Å². The van der Waals surface area contributed by atoms with Gasteiger partial charge in [0.25, 0.3) is 0 Å². The summed E-state index contributed by atoms with van der Waals surface area (Å²) in [5.41, 5.74) is 3.46. The summed E-state index contributed by atoms with van der Waals surface area (Å²) in [5, 5.41) is 0. The van der Waals surface area contributed by atoms with Crippen LogP contribution in [0.5, 0.6) is 0 Å². The van der Waals surface area contributed by atoms with E-state index in [2.05, 4.69) is 62.0 Å². The third-order valence-electron chi connectivity index (χ3n) is 5.76. The summed E-state index contributed by atoms with van der Waals surface area (Å²) in [7, 11) is 4.60. The molecule has 0 spiro atoms. The van der Waals surface area contributed by atoms with Gasteiger partial charge in [0.1, 0.15) is 5.66 Å². The Morgan fingerprint density at radius 2 is 1.95 bits per heavy atom. The van der Waals surface area contributed by atoms with E-state index in [4.69, 9.17) is 0 Å². The third kappa shape index (κ3) is 1.41. The predicted molar refractivity (Wildman–Crippen MR) is 81.7 cm³/mol. The first kappa shape index (κ1) is 13.0. The second-order valence-electron chi connectivity index (χ2n) is 6.50. The van der Waals surface area contributed by atoms with Gasteiger partial charge in [0.2, 0.25) is 0 Å². The Morgan fingerprint density at radius 3 is 2.68 bits per heavy atom. The summed E-state index contributed by atoms with van der Waals surface area (Å²) in [5.74, 6) is 0. The minimum Gasteiger partial charge on any atom is -0.355 e. The monoisotopic (exact) mass is 258 g/mol. The summed E-state index contributed by atoms with van der Waals surface area (Å²) >= 11 is 0. The Bertz CT molecular complexity index is 484. The molecule has 2 aliphatic rings. The average Bonchev–Trinajstić information content (AvgIpc) is 2.79. The van der Waals surface area contributed by atoms with Gasteiger partial charge in [-0.2, -0.15) is 0 Å². The van der Waals surface area contributed by atoms with Gasteiger partial charge in [0, 0.05) is 24.7 Å². The van der Waals surface area contributed by atoms with Gasteiger partial charge >= 0.3 is 0 Å². The maximum Gasteiger partial charge on any atom is 0.102 e. The van der Waals surface area contributed by atoms with Crippen molar-refractivity contribution in [2.75, 3.05) is 25.5 Å². The zero-order valence-corrected chi connectivity index (χ0v) is 12.7. The smallest absolute Gasteiger partial charge is 0.102 e. The molecule has 2 aliphatic heterocycles. The predicted octanol–water partition coefficient (Wildman–Crippen LogP) is 3.62. The van der Waals surface area contributed by atoms with Gasteiger partial charge in [-0.25, -0.2) is 0 Å². The molecule has 1 aromatic rings. The van der Waals surface area contributed by atoms with Crippen molar-refractivity contribution >= 4 is 5.69 Å². The molecule has 0 N–H and O–H groups in total. The quantitative estimate of drug-likeness (QED) is 0.817. The van der Waals surface area contributed by atoms with Gasteiger partial charge < -0.3 is 4.90 Å². The zero-order valence-electron chi connectivity index (χ0n) is 12.7. The lowest BCUT2D eigenvalue weighted by Gasteiger charge is -2.48. The van der Waals surface area contributed by atoms with Crippen molar-refractivity contribution in [2.45, 2.75) is 50.6 Å². The van der Waals surface area contributed by atoms with E-state index in [-0.39, 0.29) is 11.1 Å². The first-order valence-electron chi connectivity index (χ1n) is 7.62. The molecule has 1 aromatic carbocycles. The van der Waals surface area contributed by atoms with Crippen LogP contribution in [0.4, 0.5) is 5.69 Å². The number of unbranched alkanes of at least 4 members (excludes halogenated alkanes) is 1. The van der Waals surface area contributed by atoms with Crippen LogP contribution in [0.15, 0.2) is 24.3 Å². The number of likely N-dealkylation sites (N-methyl/N-ethyl adjacent to an activating group) is 2. The van der Waals surface area contributed by atoms with Crippen LogP contribution >= 0.6 is 0 Å². The molecule has 2 atom stereocenters. The second-order valence-corrected chi connectivity index (χ2v) is 6.50. The highest BCUT2D eigenvalue weighted by Crippen LogP contribution is 2.59. The molecule has 0 bridgehead atoms. The van der Waals surface area contributed by atoms with Crippen molar-refractivity contribution in [1.82, 2.24) is 4.90 Å². The SMILES string of the molecule is CCCC[C@]12N(C)CC[C@@]1(C)c1ccccc1N2C. The third-order valence-corrected chi connectivity index (χ3v) is 5.76. The first-order valence-corrected chi connectivity index (χ1v) is 7.62. The molecule has 0 unspecified atom stereocenters. The molecular weight excluding hydrogens is 232 g/mol. The van der Waals surface area contributed by atoms with Gasteiger partial charge in [0.15, 0.2) is 0 Å². The standard InChI is InChI=1S/C17H26N2/c1-5-6-11-17-16(2,12-13-18(17)3)14-9-7-8-10-15(14)19(17)4/h7-10H,5-6,11-13H2,1-4H3/t16-,17+/m0/s1. The number of rotatable bonds is 3. The molecule has 3 rings (SSSR count). The fraction of sp³-hybridized carbons (Fsp3) is 0.647. The molecule has 2 nitrogen and oxygen atoms in total. The van der Waals surface area contributed by atoms with E-state index in [9.17, 15) is 0 Å². The van der Waals surface area contributed by atoms with E-state index in [0.717, 1.165) is 0 Å². The molecule has 0 aliphatic carbocycles. The van der Waals surface area contributed by atoms with E-state index < -0.39 is 0 Å². The van der Waals surface area contributed by atoms with Crippen LogP contribution in [0.3, 0.4) is 0 Å². The summed E-state index contributed by atoms with van der Waals surface area (Å²) < 4.78 is 0. The van der Waals surface area contributed by atoms with Crippen molar-refractivity contribution < 1.29 is 0 Å². The van der Waals surface area contributed by atoms with Crippen molar-refractivity contribution in [3.8, 4) is 0 Å². The summed E-state index contributed by atoms with van der Waals surface area (Å²) in [6, 6.07) is 9.01. The van der Waals surface area contributed by atoms with Crippen LogP contribution in [-0.4, -0.2) is 31.2 Å². The molecule has 0 radical (unpaired) electrons. The number of fused-ring (bicyclic) bond motifs is 3. The Morgan fingerprint density at radius 1 is 1.21 bits per heavy atom. The van der Waals surface area contributed by atoms with Crippen LogP contribution in [0.2, 0.25) is 0 Å². The van der Waals surface area contributed by atoms with E-state index in [0.29, 0.717) is 0 Å². The van der Waals surface area contributed by atoms with Gasteiger partial charge in [-0.05, 0) is 37.9 Å². The maximum absolute atomic E-state index is 2.60. The fourth-order valence-corrected chi connectivity index (χ4v) is 4.66. The van der Waals surface area contributed by atoms with E-state index in [1.54, 1.807) is 5.56 Å². The van der Waals surface area contributed by atoms with Crippen molar-refractivity contribution in [3.63, 3.8) is 0 Å². The lowest BCUT2D eigenvalue weighted by atomic mass is 9.72. The van der Waals surface area contributed by atoms with Crippen molar-refractivity contribution in [1.29, 1.82) is 0 Å². The minimum atomic E-state index is 0.187. The van der Waals surface area contributed by atoms with E-state index in [1.807, 2.05) is 0 Å². The molecule has 19 heavy (non-hydrogen) atoms. The van der Waals surface area contributed by atoms with Gasteiger partial charge in [-0.15, -0.1) is 0 Å². The number of nitrogens with zero attached hydrogens (tertiary/aromatic N) is 2. The molecule has 2 heteroatoms. The Balaban J connectivity index is 2.14. The second kappa shape index (κ2) is 4.24. The normalized spacial score (nSPS) is 33.6. The van der Waals surface area contributed by atoms with Crippen LogP contribution in [0.1, 0.15) is 45.1 Å². The molecule has 0 saturated carbocycles. The van der Waals surface area contributed by atoms with Gasteiger partial charge in [-0.1, -0.05) is 38.5 Å². The average molecular weight is 258 g/mol. The Hall–Kier alpha value is -1.02. The number of benzene rings is 1. The lowest BCUT2D eigenvalue weighted by Crippen LogP contribution is -2.60. The highest BCUT2D eigenvalue weighted by Gasteiger charge is 2.62. The van der Waals surface area contributed by atoms with Crippen LogP contribution in [0.25, 0.3) is 0 Å². The van der Waals surface area contributed by atoms with Crippen LogP contribution in [0, 0.1) is 0 Å². The Kier molecular flexibility index (Phi) is 2.90. The molecule has 2 heterocycles. The molecule has 1 saturated heterocycles. The molecule has 0 aromatic heterocycles. The number of hydrogen-bond donors (Lipinski definition) is 0. The van der Waals surface area contributed by atoms with E-state index >= 15 is 0 Å². The summed E-state index contributed by atoms with van der Waals surface area (Å²) in [6.45, 7) is 5.98. The molecule has 104 valence electrons. The lowest BCUT2D eigenvalue weighted by molar-refractivity contribution is 0.111. The largest absolute Gasteiger partial charge is 0.355 e. The molecule has 1 fully saturated rings. The first-order chi connectivity index (χ1) is 9.08. The van der Waals surface area contributed by atoms with E-state index in [1.165, 1.54) is 37.9 Å². The minimum absolute atomic E-state index is 0.187. The maximum atomic E-state index is 2.60. The number of anilines is 1. The van der Waals surface area contributed by atoms with Crippen LogP contribution < -0.4 is 4.90 Å². The van der Waals surface area contributed by atoms with Gasteiger partial charge in [0.05, 0.1) is 0 Å². The van der Waals surface area contributed by atoms with Crippen LogP contribution in [-0.2, 0) is 5.41 Å². The number of para-hydroxylation sites is 1. The molecular formula is C17H26N2.